The van der Waals surface area contributed by atoms with Gasteiger partial charge in [-0.05, 0) is 56.3 Å². The normalized spacial score (nSPS) is 43.6. The van der Waals surface area contributed by atoms with Crippen molar-refractivity contribution in [2.75, 3.05) is 32.8 Å². The third-order valence-corrected chi connectivity index (χ3v) is 7.25. The minimum Gasteiger partial charge on any atom is -0.374 e. The number of nitrogens with zero attached hydrogens (tertiary/aromatic N) is 1. The van der Waals surface area contributed by atoms with Crippen molar-refractivity contribution in [1.82, 2.24) is 10.2 Å². The molecular weight excluding hydrogens is 336 g/mol. The van der Waals surface area contributed by atoms with Crippen LogP contribution in [0.5, 0.6) is 0 Å². The van der Waals surface area contributed by atoms with Gasteiger partial charge in [0.15, 0.2) is 0 Å². The van der Waals surface area contributed by atoms with E-state index in [1.165, 1.54) is 6.42 Å². The lowest BCUT2D eigenvalue weighted by Crippen LogP contribution is -2.59. The lowest BCUT2D eigenvalue weighted by atomic mass is 9.49. The Bertz CT molecular complexity index is 510. The van der Waals surface area contributed by atoms with Crippen LogP contribution < -0.4 is 5.32 Å². The minimum absolute atomic E-state index is 0.100. The number of hydrogen-bond acceptors (Lipinski definition) is 3. The van der Waals surface area contributed by atoms with Crippen LogP contribution in [0.25, 0.3) is 0 Å². The highest BCUT2D eigenvalue weighted by atomic mass is 35.5. The molecule has 5 fully saturated rings. The molecule has 0 spiro atoms. The Morgan fingerprint density at radius 2 is 2.00 bits per heavy atom. The SMILES string of the molecule is CC(C)CN1CCO[C@@H](CNC(=O)C23C[C@H]4C[C@@H](CC(Cl)(C4)C2)C3)C1. The van der Waals surface area contributed by atoms with Gasteiger partial charge in [-0.25, -0.2) is 0 Å². The number of hydrogen-bond donors (Lipinski definition) is 1. The Morgan fingerprint density at radius 1 is 1.28 bits per heavy atom. The van der Waals surface area contributed by atoms with Crippen LogP contribution >= 0.6 is 11.6 Å². The van der Waals surface area contributed by atoms with Crippen molar-refractivity contribution in [3.63, 3.8) is 0 Å². The van der Waals surface area contributed by atoms with Crippen LogP contribution in [-0.4, -0.2) is 54.6 Å². The average Bonchev–Trinajstić information content (AvgIpc) is 2.50. The first-order valence-electron chi connectivity index (χ1n) is 10.2. The van der Waals surface area contributed by atoms with Gasteiger partial charge in [0.2, 0.25) is 5.91 Å². The van der Waals surface area contributed by atoms with Crippen LogP contribution in [0.4, 0.5) is 0 Å². The van der Waals surface area contributed by atoms with Gasteiger partial charge in [0.25, 0.3) is 0 Å². The molecule has 0 radical (unpaired) electrons. The summed E-state index contributed by atoms with van der Waals surface area (Å²) < 4.78 is 5.90. The number of rotatable bonds is 5. The molecule has 4 bridgehead atoms. The van der Waals surface area contributed by atoms with E-state index < -0.39 is 0 Å². The second-order valence-corrected chi connectivity index (χ2v) is 10.6. The van der Waals surface area contributed by atoms with Crippen molar-refractivity contribution in [3.05, 3.63) is 0 Å². The Kier molecular flexibility index (Phi) is 4.83. The van der Waals surface area contributed by atoms with Crippen LogP contribution in [0.3, 0.4) is 0 Å². The quantitative estimate of drug-likeness (QED) is 0.758. The van der Waals surface area contributed by atoms with Crippen LogP contribution in [0.2, 0.25) is 0 Å². The van der Waals surface area contributed by atoms with E-state index in [4.69, 9.17) is 16.3 Å². The van der Waals surface area contributed by atoms with Crippen LogP contribution in [0.1, 0.15) is 52.4 Å². The molecule has 3 atom stereocenters. The van der Waals surface area contributed by atoms with E-state index in [0.29, 0.717) is 24.3 Å². The van der Waals surface area contributed by atoms with E-state index in [0.717, 1.165) is 58.3 Å². The highest BCUT2D eigenvalue weighted by Gasteiger charge is 2.60. The van der Waals surface area contributed by atoms with E-state index in [-0.39, 0.29) is 22.3 Å². The smallest absolute Gasteiger partial charge is 0.226 e. The van der Waals surface area contributed by atoms with E-state index in [1.807, 2.05) is 0 Å². The fourth-order valence-corrected chi connectivity index (χ4v) is 7.09. The highest BCUT2D eigenvalue weighted by Crippen LogP contribution is 2.63. The second kappa shape index (κ2) is 6.69. The summed E-state index contributed by atoms with van der Waals surface area (Å²) in [6, 6.07) is 0. The van der Waals surface area contributed by atoms with Gasteiger partial charge in [0.1, 0.15) is 0 Å². The number of amides is 1. The summed E-state index contributed by atoms with van der Waals surface area (Å²) in [4.78, 5) is 15.5. The van der Waals surface area contributed by atoms with Gasteiger partial charge in [0.05, 0.1) is 18.1 Å². The Hall–Kier alpha value is -0.320. The molecule has 1 saturated heterocycles. The van der Waals surface area contributed by atoms with Crippen LogP contribution in [-0.2, 0) is 9.53 Å². The largest absolute Gasteiger partial charge is 0.374 e. The van der Waals surface area contributed by atoms with Crippen molar-refractivity contribution < 1.29 is 9.53 Å². The van der Waals surface area contributed by atoms with Gasteiger partial charge in [-0.3, -0.25) is 9.69 Å². The zero-order valence-electron chi connectivity index (χ0n) is 15.7. The number of carbonyl (C=O) groups is 1. The topological polar surface area (TPSA) is 41.6 Å². The zero-order chi connectivity index (χ0) is 17.7. The summed E-state index contributed by atoms with van der Waals surface area (Å²) in [6.07, 6.45) is 6.63. The molecule has 0 aromatic heterocycles. The zero-order valence-corrected chi connectivity index (χ0v) is 16.5. The number of nitrogens with one attached hydrogen (secondary N) is 1. The van der Waals surface area contributed by atoms with Crippen molar-refractivity contribution in [2.24, 2.45) is 23.2 Å². The van der Waals surface area contributed by atoms with Crippen LogP contribution in [0.15, 0.2) is 0 Å². The molecule has 142 valence electrons. The van der Waals surface area contributed by atoms with E-state index in [9.17, 15) is 4.79 Å². The predicted molar refractivity (Wildman–Crippen MR) is 99.7 cm³/mol. The highest BCUT2D eigenvalue weighted by molar-refractivity contribution is 6.24. The van der Waals surface area contributed by atoms with Gasteiger partial charge >= 0.3 is 0 Å². The third-order valence-electron chi connectivity index (χ3n) is 6.81. The maximum Gasteiger partial charge on any atom is 0.226 e. The first kappa shape index (κ1) is 18.1. The lowest BCUT2D eigenvalue weighted by molar-refractivity contribution is -0.145. The number of alkyl halides is 1. The molecule has 1 N–H and O–H groups in total. The Labute approximate surface area is 157 Å². The van der Waals surface area contributed by atoms with E-state index in [1.54, 1.807) is 0 Å². The molecule has 4 saturated carbocycles. The fourth-order valence-electron chi connectivity index (χ4n) is 6.40. The Balaban J connectivity index is 1.33. The molecule has 1 aliphatic heterocycles. The third kappa shape index (κ3) is 3.72. The molecule has 1 heterocycles. The number of halogens is 1. The van der Waals surface area contributed by atoms with Gasteiger partial charge in [-0.2, -0.15) is 0 Å². The predicted octanol–water partition coefficient (Wildman–Crippen LogP) is 3.04. The number of carbonyl (C=O) groups excluding carboxylic acids is 1. The number of morpholine rings is 1. The summed E-state index contributed by atoms with van der Waals surface area (Å²) in [7, 11) is 0. The van der Waals surface area contributed by atoms with Gasteiger partial charge in [0, 0.05) is 31.1 Å². The molecule has 0 aromatic carbocycles. The Morgan fingerprint density at radius 3 is 2.64 bits per heavy atom. The summed E-state index contributed by atoms with van der Waals surface area (Å²) >= 11 is 6.87. The first-order chi connectivity index (χ1) is 11.9. The molecule has 0 aromatic rings. The maximum atomic E-state index is 13.1. The van der Waals surface area contributed by atoms with Crippen molar-refractivity contribution in [3.8, 4) is 0 Å². The van der Waals surface area contributed by atoms with E-state index in [2.05, 4.69) is 24.1 Å². The molecule has 4 aliphatic carbocycles. The maximum absolute atomic E-state index is 13.1. The molecule has 5 rings (SSSR count). The average molecular weight is 369 g/mol. The first-order valence-corrected chi connectivity index (χ1v) is 10.5. The van der Waals surface area contributed by atoms with Gasteiger partial charge in [-0.15, -0.1) is 11.6 Å². The van der Waals surface area contributed by atoms with E-state index >= 15 is 0 Å². The standard InChI is InChI=1S/C20H33ClN2O2/c1-14(2)11-23-3-4-25-17(12-23)10-22-18(24)19-6-15-5-16(7-19)9-20(21,8-15)13-19/h14-17H,3-13H2,1-2H3,(H,22,24)/t15-,16-,17+,19?,20?/m1/s1. The number of ether oxygens (including phenoxy) is 1. The molecule has 4 nitrogen and oxygen atoms in total. The van der Waals surface area contributed by atoms with Crippen molar-refractivity contribution >= 4 is 17.5 Å². The molecule has 0 unspecified atom stereocenters. The summed E-state index contributed by atoms with van der Waals surface area (Å²) in [5.41, 5.74) is -0.196. The molecule has 25 heavy (non-hydrogen) atoms. The van der Waals surface area contributed by atoms with Crippen LogP contribution in [0, 0.1) is 23.2 Å². The summed E-state index contributed by atoms with van der Waals surface area (Å²) in [5, 5.41) is 3.25. The fraction of sp³-hybridized carbons (Fsp3) is 0.950. The van der Waals surface area contributed by atoms with Gasteiger partial charge < -0.3 is 10.1 Å². The molecule has 5 heteroatoms. The van der Waals surface area contributed by atoms with Gasteiger partial charge in [-0.1, -0.05) is 13.8 Å². The molecule has 1 amide bonds. The minimum atomic E-state index is -0.196. The summed E-state index contributed by atoms with van der Waals surface area (Å²) in [5.74, 6) is 2.24. The summed E-state index contributed by atoms with van der Waals surface area (Å²) in [6.45, 7) is 8.95. The monoisotopic (exact) mass is 368 g/mol. The molecule has 5 aliphatic rings. The second-order valence-electron chi connectivity index (χ2n) is 9.75. The molecular formula is C20H33ClN2O2. The van der Waals surface area contributed by atoms with Crippen molar-refractivity contribution in [2.45, 2.75) is 63.4 Å². The lowest BCUT2D eigenvalue weighted by Gasteiger charge is -2.59. The van der Waals surface area contributed by atoms with Crippen molar-refractivity contribution in [1.29, 1.82) is 0 Å².